The molecule has 0 bridgehead atoms. The van der Waals surface area contributed by atoms with Crippen LogP contribution in [-0.4, -0.2) is 45.9 Å². The zero-order valence-electron chi connectivity index (χ0n) is 3.33. The second kappa shape index (κ2) is 1.89. The first kappa shape index (κ1) is 7.41. The summed E-state index contributed by atoms with van der Waals surface area (Å²) < 4.78 is 41.0. The molecule has 0 radical (unpaired) electrons. The molecule has 0 amide bonds. The van der Waals surface area contributed by atoms with Gasteiger partial charge in [0.2, 0.25) is 0 Å². The van der Waals surface area contributed by atoms with Crippen LogP contribution in [0.4, 0.5) is 17.6 Å². The summed E-state index contributed by atoms with van der Waals surface area (Å²) in [6.45, 7) is 0. The molecule has 0 atom stereocenters. The van der Waals surface area contributed by atoms with Crippen LogP contribution in [0.1, 0.15) is 0 Å². The number of rotatable bonds is 0. The third-order valence-electron chi connectivity index (χ3n) is 0.475. The fraction of sp³-hybridized carbons (Fsp3) is 1.00. The SMILES string of the molecule is FC1(F)[Te]C(F)(F)[Te]1. The van der Waals surface area contributed by atoms with Crippen LogP contribution in [0.5, 0.6) is 0 Å². The van der Waals surface area contributed by atoms with E-state index in [2.05, 4.69) is 0 Å². The van der Waals surface area contributed by atoms with E-state index >= 15 is 0 Å². The van der Waals surface area contributed by atoms with Gasteiger partial charge in [0.15, 0.2) is 0 Å². The molecule has 0 aromatic rings. The van der Waals surface area contributed by atoms with Crippen LogP contribution in [0.25, 0.3) is 0 Å². The Bertz CT molecular complexity index is 88.6. The summed E-state index contributed by atoms with van der Waals surface area (Å²) in [6, 6.07) is 0. The molecule has 0 aromatic carbocycles. The molecular weight excluding hydrogens is 355 g/mol. The maximum atomic E-state index is 11.7. The van der Waals surface area contributed by atoms with Crippen LogP contribution in [0.2, 0.25) is 0 Å². The normalized spacial score (nSPS) is 31.5. The van der Waals surface area contributed by atoms with E-state index in [0.29, 0.717) is 0 Å². The van der Waals surface area contributed by atoms with Crippen molar-refractivity contribution < 1.29 is 17.6 Å². The predicted molar refractivity (Wildman–Crippen MR) is 21.4 cm³/mol. The molecule has 1 aliphatic heterocycles. The second-order valence-corrected chi connectivity index (χ2v) is 13.2. The Labute approximate surface area is 63.2 Å². The number of hydrogen-bond donors (Lipinski definition) is 0. The fourth-order valence-corrected chi connectivity index (χ4v) is 8.33. The Kier molecular flexibility index (Phi) is 1.75. The molecule has 1 rings (SSSR count). The van der Waals surface area contributed by atoms with E-state index in [4.69, 9.17) is 0 Å². The van der Waals surface area contributed by atoms with Crippen molar-refractivity contribution in [1.82, 2.24) is 0 Å². The fourth-order valence-electron chi connectivity index (χ4n) is 0.284. The molecule has 0 unspecified atom stereocenters. The molecule has 1 heterocycles. The van der Waals surface area contributed by atoms with Gasteiger partial charge in [0.25, 0.3) is 0 Å². The summed E-state index contributed by atoms with van der Waals surface area (Å²) in [5, 5.41) is 0. The van der Waals surface area contributed by atoms with E-state index in [9.17, 15) is 17.6 Å². The van der Waals surface area contributed by atoms with E-state index in [0.717, 1.165) is 0 Å². The van der Waals surface area contributed by atoms with E-state index in [-0.39, 0.29) is 0 Å². The summed E-state index contributed by atoms with van der Waals surface area (Å²) in [5.74, 6) is 0. The number of hydrogen-bond acceptors (Lipinski definition) is 0. The van der Waals surface area contributed by atoms with Gasteiger partial charge in [-0.1, -0.05) is 0 Å². The van der Waals surface area contributed by atoms with E-state index in [1.807, 2.05) is 0 Å². The zero-order valence-corrected chi connectivity index (χ0v) is 7.99. The van der Waals surface area contributed by atoms with Crippen molar-refractivity contribution in [2.45, 2.75) is 4.04 Å². The molecule has 1 aliphatic rings. The van der Waals surface area contributed by atoms with Gasteiger partial charge >= 0.3 is 63.4 Å². The molecular formula is C2F4Te2. The second-order valence-electron chi connectivity index (χ2n) is 1.13. The van der Waals surface area contributed by atoms with Gasteiger partial charge in [-0.25, -0.2) is 0 Å². The van der Waals surface area contributed by atoms with Crippen LogP contribution in [0.15, 0.2) is 0 Å². The standard InChI is InChI=1S/C2F4Te2/c3-1(4)7-2(5,6)8-1. The van der Waals surface area contributed by atoms with Gasteiger partial charge < -0.3 is 0 Å². The predicted octanol–water partition coefficient (Wildman–Crippen LogP) is 0.509. The summed E-state index contributed by atoms with van der Waals surface area (Å²) in [6.07, 6.45) is 0. The first-order valence-electron chi connectivity index (χ1n) is 1.57. The van der Waals surface area contributed by atoms with Crippen molar-refractivity contribution in [2.24, 2.45) is 0 Å². The van der Waals surface area contributed by atoms with Crippen LogP contribution in [0, 0.1) is 0 Å². The minimum absolute atomic E-state index is 2.27. The average molecular weight is 355 g/mol. The quantitative estimate of drug-likeness (QED) is 0.439. The van der Waals surface area contributed by atoms with E-state index < -0.39 is 45.9 Å². The minimum atomic E-state index is -2.83. The van der Waals surface area contributed by atoms with Gasteiger partial charge in [0.05, 0.1) is 0 Å². The Morgan fingerprint density at radius 1 is 0.750 bits per heavy atom. The van der Waals surface area contributed by atoms with Gasteiger partial charge in [0.1, 0.15) is 0 Å². The van der Waals surface area contributed by atoms with Crippen molar-refractivity contribution in [1.29, 1.82) is 0 Å². The third kappa shape index (κ3) is 1.64. The Morgan fingerprint density at radius 3 is 1.00 bits per heavy atom. The summed E-state index contributed by atoms with van der Waals surface area (Å²) >= 11 is -4.55. The van der Waals surface area contributed by atoms with Crippen LogP contribution in [0.3, 0.4) is 0 Å². The molecule has 0 aromatic heterocycles. The Morgan fingerprint density at radius 2 is 1.00 bits per heavy atom. The molecule has 48 valence electrons. The third-order valence-corrected chi connectivity index (χ3v) is 9.57. The van der Waals surface area contributed by atoms with Crippen LogP contribution in [-0.2, 0) is 0 Å². The van der Waals surface area contributed by atoms with Gasteiger partial charge in [-0.3, -0.25) is 0 Å². The van der Waals surface area contributed by atoms with Gasteiger partial charge in [-0.05, 0) is 0 Å². The van der Waals surface area contributed by atoms with Crippen molar-refractivity contribution in [3.05, 3.63) is 0 Å². The maximum absolute atomic E-state index is 11.7. The van der Waals surface area contributed by atoms with Crippen molar-refractivity contribution in [3.8, 4) is 0 Å². The first-order chi connectivity index (χ1) is 3.41. The van der Waals surface area contributed by atoms with Crippen LogP contribution < -0.4 is 0 Å². The van der Waals surface area contributed by atoms with Crippen LogP contribution >= 0.6 is 0 Å². The Balaban J connectivity index is 2.42. The number of alkyl halides is 4. The van der Waals surface area contributed by atoms with Gasteiger partial charge in [-0.15, -0.1) is 0 Å². The molecule has 1 saturated heterocycles. The van der Waals surface area contributed by atoms with Crippen molar-refractivity contribution in [3.63, 3.8) is 0 Å². The van der Waals surface area contributed by atoms with Gasteiger partial charge in [-0.2, -0.15) is 0 Å². The van der Waals surface area contributed by atoms with Crippen molar-refractivity contribution >= 4 is 41.8 Å². The topological polar surface area (TPSA) is 0 Å². The van der Waals surface area contributed by atoms with E-state index in [1.54, 1.807) is 0 Å². The van der Waals surface area contributed by atoms with E-state index in [1.165, 1.54) is 0 Å². The summed E-state index contributed by atoms with van der Waals surface area (Å²) in [5.41, 5.74) is 0. The van der Waals surface area contributed by atoms with Gasteiger partial charge in [0, 0.05) is 0 Å². The molecule has 6 heteroatoms. The average Bonchev–Trinajstić information content (AvgIpc) is 1.20. The molecule has 8 heavy (non-hydrogen) atoms. The molecule has 0 N–H and O–H groups in total. The molecule has 0 spiro atoms. The first-order valence-corrected chi connectivity index (χ1v) is 6.23. The summed E-state index contributed by atoms with van der Waals surface area (Å²) in [7, 11) is 0. The molecule has 1 fully saturated rings. The Hall–Kier alpha value is 1.30. The number of halogens is 4. The molecule has 0 aliphatic carbocycles. The molecule has 0 saturated carbocycles. The molecule has 0 nitrogen and oxygen atoms in total. The monoisotopic (exact) mass is 360 g/mol. The van der Waals surface area contributed by atoms with Crippen molar-refractivity contribution in [2.75, 3.05) is 0 Å². The zero-order chi connectivity index (χ0) is 6.41. The summed E-state index contributed by atoms with van der Waals surface area (Å²) in [4.78, 5) is 0.